The normalized spacial score (nSPS) is 42.8. The van der Waals surface area contributed by atoms with E-state index in [2.05, 4.69) is 6.92 Å². The van der Waals surface area contributed by atoms with Gasteiger partial charge in [-0.25, -0.2) is 0 Å². The molecule has 15 heavy (non-hydrogen) atoms. The average Bonchev–Trinajstić information content (AvgIpc) is 2.30. The van der Waals surface area contributed by atoms with Crippen molar-refractivity contribution in [3.63, 3.8) is 0 Å². The topological polar surface area (TPSA) is 18.5 Å². The minimum Gasteiger partial charge on any atom is -0.352 e. The molecule has 0 radical (unpaired) electrons. The quantitative estimate of drug-likeness (QED) is 0.681. The molecule has 2 rings (SSSR count). The predicted molar refractivity (Wildman–Crippen MR) is 61.1 cm³/mol. The maximum Gasteiger partial charge on any atom is 0.160 e. The van der Waals surface area contributed by atoms with E-state index in [4.69, 9.17) is 21.1 Å². The van der Waals surface area contributed by atoms with Crippen LogP contribution in [-0.4, -0.2) is 24.9 Å². The zero-order chi connectivity index (χ0) is 10.7. The number of hydrogen-bond donors (Lipinski definition) is 0. The molecule has 0 atom stereocenters. The second-order valence-electron chi connectivity index (χ2n) is 4.82. The van der Waals surface area contributed by atoms with Gasteiger partial charge in [0.2, 0.25) is 0 Å². The molecule has 0 spiro atoms. The third-order valence-corrected chi connectivity index (χ3v) is 4.09. The summed E-state index contributed by atoms with van der Waals surface area (Å²) in [7, 11) is 0. The first-order chi connectivity index (χ1) is 7.29. The Morgan fingerprint density at radius 3 is 2.20 bits per heavy atom. The average molecular weight is 233 g/mol. The molecule has 0 aromatic carbocycles. The summed E-state index contributed by atoms with van der Waals surface area (Å²) in [4.78, 5) is 0. The van der Waals surface area contributed by atoms with Gasteiger partial charge in [-0.15, -0.1) is 11.6 Å². The van der Waals surface area contributed by atoms with Gasteiger partial charge in [-0.05, 0) is 32.1 Å². The first-order valence-corrected chi connectivity index (χ1v) is 6.60. The Bertz CT molecular complexity index is 182. The van der Waals surface area contributed by atoms with E-state index in [0.29, 0.717) is 17.2 Å². The summed E-state index contributed by atoms with van der Waals surface area (Å²) in [5.74, 6) is 1.18. The lowest BCUT2D eigenvalue weighted by molar-refractivity contribution is -0.228. The highest BCUT2D eigenvalue weighted by molar-refractivity contribution is 6.20. The molecule has 2 aliphatic rings. The molecule has 0 unspecified atom stereocenters. The molecule has 2 nitrogen and oxygen atoms in total. The van der Waals surface area contributed by atoms with Crippen LogP contribution in [0.1, 0.15) is 39.0 Å². The van der Waals surface area contributed by atoms with Crippen LogP contribution in [0, 0.1) is 11.8 Å². The Morgan fingerprint density at radius 1 is 1.07 bits per heavy atom. The lowest BCUT2D eigenvalue weighted by Crippen LogP contribution is -2.38. The van der Waals surface area contributed by atoms with E-state index in [1.165, 1.54) is 0 Å². The molecule has 1 aliphatic heterocycles. The van der Waals surface area contributed by atoms with Gasteiger partial charge in [0.25, 0.3) is 0 Å². The molecule has 1 saturated heterocycles. The first kappa shape index (κ1) is 11.7. The number of hydrogen-bond acceptors (Lipinski definition) is 2. The van der Waals surface area contributed by atoms with Crippen LogP contribution >= 0.6 is 11.6 Å². The lowest BCUT2D eigenvalue weighted by atomic mass is 9.88. The van der Waals surface area contributed by atoms with Gasteiger partial charge in [-0.3, -0.25) is 0 Å². The molecular weight excluding hydrogens is 212 g/mol. The molecular formula is C12H21ClO2. The number of alkyl halides is 1. The van der Waals surface area contributed by atoms with Gasteiger partial charge in [0.15, 0.2) is 6.29 Å². The zero-order valence-electron chi connectivity index (χ0n) is 9.45. The van der Waals surface area contributed by atoms with Crippen molar-refractivity contribution in [2.75, 3.05) is 13.2 Å². The minimum atomic E-state index is 0.0527. The summed E-state index contributed by atoms with van der Waals surface area (Å²) in [5.41, 5.74) is 0. The van der Waals surface area contributed by atoms with Gasteiger partial charge in [0.1, 0.15) is 0 Å². The third-order valence-electron chi connectivity index (χ3n) is 3.66. The van der Waals surface area contributed by atoms with Crippen molar-refractivity contribution in [1.29, 1.82) is 0 Å². The Hall–Kier alpha value is 0.210. The fraction of sp³-hybridized carbons (Fsp3) is 1.00. The molecule has 0 aromatic heterocycles. The lowest BCUT2D eigenvalue weighted by Gasteiger charge is -2.36. The van der Waals surface area contributed by atoms with Crippen LogP contribution in [0.25, 0.3) is 0 Å². The van der Waals surface area contributed by atoms with Crippen molar-refractivity contribution in [3.05, 3.63) is 0 Å². The minimum absolute atomic E-state index is 0.0527. The van der Waals surface area contributed by atoms with E-state index in [1.54, 1.807) is 0 Å². The first-order valence-electron chi connectivity index (χ1n) is 6.17. The van der Waals surface area contributed by atoms with Gasteiger partial charge in [-0.1, -0.05) is 6.92 Å². The maximum absolute atomic E-state index is 6.08. The summed E-state index contributed by atoms with van der Waals surface area (Å²) in [6.07, 6.45) is 5.77. The molecule has 1 aliphatic carbocycles. The molecule has 3 heteroatoms. The SMILES string of the molecule is CCC1COC(C2CCC(Cl)CC2)OC1. The van der Waals surface area contributed by atoms with Crippen LogP contribution in [0.15, 0.2) is 0 Å². The van der Waals surface area contributed by atoms with Gasteiger partial charge < -0.3 is 9.47 Å². The van der Waals surface area contributed by atoms with Crippen LogP contribution in [-0.2, 0) is 9.47 Å². The van der Waals surface area contributed by atoms with Crippen LogP contribution in [0.2, 0.25) is 0 Å². The Kier molecular flexibility index (Phi) is 4.30. The fourth-order valence-corrected chi connectivity index (χ4v) is 2.67. The highest BCUT2D eigenvalue weighted by atomic mass is 35.5. The zero-order valence-corrected chi connectivity index (χ0v) is 10.2. The van der Waals surface area contributed by atoms with Crippen molar-refractivity contribution in [2.45, 2.75) is 50.7 Å². The van der Waals surface area contributed by atoms with E-state index in [0.717, 1.165) is 45.3 Å². The fourth-order valence-electron chi connectivity index (χ4n) is 2.42. The Balaban J connectivity index is 1.75. The van der Waals surface area contributed by atoms with E-state index >= 15 is 0 Å². The second-order valence-corrected chi connectivity index (χ2v) is 5.44. The van der Waals surface area contributed by atoms with Crippen molar-refractivity contribution >= 4 is 11.6 Å². The molecule has 0 bridgehead atoms. The highest BCUT2D eigenvalue weighted by Gasteiger charge is 2.31. The predicted octanol–water partition coefficient (Wildman–Crippen LogP) is 3.18. The summed E-state index contributed by atoms with van der Waals surface area (Å²) in [5, 5.41) is 0.383. The van der Waals surface area contributed by atoms with Crippen molar-refractivity contribution in [2.24, 2.45) is 11.8 Å². The van der Waals surface area contributed by atoms with Crippen LogP contribution in [0.3, 0.4) is 0 Å². The van der Waals surface area contributed by atoms with E-state index in [9.17, 15) is 0 Å². The van der Waals surface area contributed by atoms with E-state index < -0.39 is 0 Å². The summed E-state index contributed by atoms with van der Waals surface area (Å²) >= 11 is 6.08. The monoisotopic (exact) mass is 232 g/mol. The van der Waals surface area contributed by atoms with Crippen LogP contribution in [0.4, 0.5) is 0 Å². The van der Waals surface area contributed by atoms with Gasteiger partial charge in [0, 0.05) is 17.2 Å². The molecule has 0 amide bonds. The van der Waals surface area contributed by atoms with Crippen molar-refractivity contribution in [1.82, 2.24) is 0 Å². The standard InChI is InChI=1S/C12H21ClO2/c1-2-9-7-14-12(15-8-9)10-3-5-11(13)6-4-10/h9-12H,2-8H2,1H3. The van der Waals surface area contributed by atoms with Gasteiger partial charge >= 0.3 is 0 Å². The van der Waals surface area contributed by atoms with Crippen LogP contribution in [0.5, 0.6) is 0 Å². The second kappa shape index (κ2) is 5.51. The summed E-state index contributed by atoms with van der Waals surface area (Å²) in [6, 6.07) is 0. The molecule has 0 N–H and O–H groups in total. The number of ether oxygens (including phenoxy) is 2. The van der Waals surface area contributed by atoms with Gasteiger partial charge in [0.05, 0.1) is 13.2 Å². The summed E-state index contributed by atoms with van der Waals surface area (Å²) < 4.78 is 11.6. The third kappa shape index (κ3) is 3.08. The molecule has 2 fully saturated rings. The Labute approximate surface area is 97.3 Å². The number of rotatable bonds is 2. The highest BCUT2D eigenvalue weighted by Crippen LogP contribution is 2.33. The largest absolute Gasteiger partial charge is 0.352 e. The number of halogens is 1. The smallest absolute Gasteiger partial charge is 0.160 e. The summed E-state index contributed by atoms with van der Waals surface area (Å²) in [6.45, 7) is 3.94. The van der Waals surface area contributed by atoms with Crippen molar-refractivity contribution in [3.8, 4) is 0 Å². The van der Waals surface area contributed by atoms with Crippen LogP contribution < -0.4 is 0 Å². The molecule has 88 valence electrons. The Morgan fingerprint density at radius 2 is 1.67 bits per heavy atom. The van der Waals surface area contributed by atoms with Gasteiger partial charge in [-0.2, -0.15) is 0 Å². The molecule has 0 aromatic rings. The van der Waals surface area contributed by atoms with Crippen molar-refractivity contribution < 1.29 is 9.47 Å². The molecule has 1 saturated carbocycles. The van der Waals surface area contributed by atoms with E-state index in [1.807, 2.05) is 0 Å². The molecule has 1 heterocycles. The maximum atomic E-state index is 6.08. The van der Waals surface area contributed by atoms with E-state index in [-0.39, 0.29) is 6.29 Å².